The van der Waals surface area contributed by atoms with E-state index < -0.39 is 42.5 Å². The van der Waals surface area contributed by atoms with E-state index in [2.05, 4.69) is 15.6 Å². The zero-order valence-electron chi connectivity index (χ0n) is 15.3. The van der Waals surface area contributed by atoms with Crippen molar-refractivity contribution in [3.63, 3.8) is 0 Å². The third kappa shape index (κ3) is 11.0. The molecule has 0 fully saturated rings. The molecule has 3 unspecified atom stereocenters. The van der Waals surface area contributed by atoms with Crippen molar-refractivity contribution in [2.24, 2.45) is 27.9 Å². The number of hydrogen-bond acceptors (Lipinski definition) is 7. The smallest absolute Gasteiger partial charge is 0.326 e. The molecule has 0 spiro atoms. The van der Waals surface area contributed by atoms with Gasteiger partial charge in [-0.2, -0.15) is 0 Å². The van der Waals surface area contributed by atoms with Gasteiger partial charge in [0.2, 0.25) is 11.8 Å². The number of aliphatic hydroxyl groups excluding tert-OH is 1. The summed E-state index contributed by atoms with van der Waals surface area (Å²) in [6.07, 6.45) is 1.89. The molecule has 12 N–H and O–H groups in total. The standard InChI is InChI=1S/C15H31N7O5/c16-6-2-1-4-10(21-12(24)9(17)8-23)13(25)22-11(14(26)27)5-3-7-20-15(18)19/h9-11,23H,1-8,16-17H2,(H,21,24)(H,22,25)(H,26,27)(H4,18,19,20). The van der Waals surface area contributed by atoms with Gasteiger partial charge in [0.1, 0.15) is 18.1 Å². The van der Waals surface area contributed by atoms with Gasteiger partial charge in [0, 0.05) is 6.54 Å². The maximum atomic E-state index is 12.4. The van der Waals surface area contributed by atoms with Crippen molar-refractivity contribution in [1.29, 1.82) is 0 Å². The molecule has 0 radical (unpaired) electrons. The number of guanidine groups is 1. The quantitative estimate of drug-likeness (QED) is 0.0836. The third-order valence-corrected chi connectivity index (χ3v) is 3.67. The van der Waals surface area contributed by atoms with E-state index >= 15 is 0 Å². The van der Waals surface area contributed by atoms with Crippen LogP contribution in [0.15, 0.2) is 4.99 Å². The number of nitrogens with zero attached hydrogens (tertiary/aromatic N) is 1. The topological polar surface area (TPSA) is 232 Å². The molecule has 12 nitrogen and oxygen atoms in total. The van der Waals surface area contributed by atoms with Crippen molar-refractivity contribution >= 4 is 23.7 Å². The minimum Gasteiger partial charge on any atom is -0.480 e. The minimum absolute atomic E-state index is 0.103. The SMILES string of the molecule is NCCCCC(NC(=O)C(N)CO)C(=O)NC(CCCN=C(N)N)C(=O)O. The van der Waals surface area contributed by atoms with Gasteiger partial charge in [-0.1, -0.05) is 0 Å². The number of unbranched alkanes of at least 4 members (excludes halogenated alkanes) is 1. The number of nitrogens with two attached hydrogens (primary N) is 4. The molecule has 156 valence electrons. The zero-order valence-corrected chi connectivity index (χ0v) is 15.3. The lowest BCUT2D eigenvalue weighted by Crippen LogP contribution is -2.55. The van der Waals surface area contributed by atoms with Crippen LogP contribution in [0.3, 0.4) is 0 Å². The summed E-state index contributed by atoms with van der Waals surface area (Å²) in [4.78, 5) is 39.4. The average molecular weight is 389 g/mol. The number of amides is 2. The molecule has 0 aliphatic carbocycles. The van der Waals surface area contributed by atoms with Crippen molar-refractivity contribution in [3.05, 3.63) is 0 Å². The van der Waals surface area contributed by atoms with E-state index in [0.717, 1.165) is 0 Å². The Bertz CT molecular complexity index is 511. The molecule has 2 amide bonds. The number of carboxylic acid groups (broad SMARTS) is 1. The number of aliphatic hydroxyl groups is 1. The Balaban J connectivity index is 4.89. The number of aliphatic imine (C=N–C) groups is 1. The Kier molecular flexibility index (Phi) is 12.5. The second-order valence-corrected chi connectivity index (χ2v) is 5.98. The molecule has 3 atom stereocenters. The van der Waals surface area contributed by atoms with Gasteiger partial charge in [-0.3, -0.25) is 14.6 Å². The number of rotatable bonds is 14. The molecule has 0 aromatic rings. The van der Waals surface area contributed by atoms with Crippen LogP contribution in [0.2, 0.25) is 0 Å². The number of carbonyl (C=O) groups is 3. The highest BCUT2D eigenvalue weighted by atomic mass is 16.4. The Morgan fingerprint density at radius 1 is 0.963 bits per heavy atom. The lowest BCUT2D eigenvalue weighted by atomic mass is 10.1. The first-order valence-electron chi connectivity index (χ1n) is 8.68. The van der Waals surface area contributed by atoms with Crippen LogP contribution < -0.4 is 33.6 Å². The molecular weight excluding hydrogens is 358 g/mol. The lowest BCUT2D eigenvalue weighted by Gasteiger charge is -2.22. The third-order valence-electron chi connectivity index (χ3n) is 3.67. The summed E-state index contributed by atoms with van der Waals surface area (Å²) in [7, 11) is 0. The monoisotopic (exact) mass is 389 g/mol. The minimum atomic E-state index is -1.22. The Morgan fingerprint density at radius 2 is 1.56 bits per heavy atom. The van der Waals surface area contributed by atoms with Crippen molar-refractivity contribution in [2.45, 2.75) is 50.2 Å². The predicted octanol–water partition coefficient (Wildman–Crippen LogP) is -3.46. The van der Waals surface area contributed by atoms with Crippen molar-refractivity contribution in [3.8, 4) is 0 Å². The van der Waals surface area contributed by atoms with E-state index in [1.54, 1.807) is 0 Å². The van der Waals surface area contributed by atoms with Gasteiger partial charge >= 0.3 is 5.97 Å². The summed E-state index contributed by atoms with van der Waals surface area (Å²) in [5, 5.41) is 23.0. The van der Waals surface area contributed by atoms with Crippen LogP contribution in [0.25, 0.3) is 0 Å². The number of carbonyl (C=O) groups excluding carboxylic acids is 2. The normalized spacial score (nSPS) is 13.9. The summed E-state index contributed by atoms with van der Waals surface area (Å²) in [6, 6.07) is -3.32. The fourth-order valence-electron chi connectivity index (χ4n) is 2.16. The molecule has 0 rings (SSSR count). The summed E-state index contributed by atoms with van der Waals surface area (Å²) in [5.74, 6) is -2.68. The number of aliphatic carboxylic acids is 1. The summed E-state index contributed by atoms with van der Waals surface area (Å²) in [6.45, 7) is 0.0660. The molecule has 0 saturated heterocycles. The number of nitrogens with one attached hydrogen (secondary N) is 2. The maximum absolute atomic E-state index is 12.4. The van der Waals surface area contributed by atoms with Crippen LogP contribution in [0.4, 0.5) is 0 Å². The van der Waals surface area contributed by atoms with Gasteiger partial charge in [-0.05, 0) is 38.6 Å². The molecule has 27 heavy (non-hydrogen) atoms. The highest BCUT2D eigenvalue weighted by Gasteiger charge is 2.27. The molecular formula is C15H31N7O5. The number of carboxylic acids is 1. The largest absolute Gasteiger partial charge is 0.480 e. The van der Waals surface area contributed by atoms with Gasteiger partial charge in [0.15, 0.2) is 5.96 Å². The van der Waals surface area contributed by atoms with E-state index in [0.29, 0.717) is 25.8 Å². The molecule has 12 heteroatoms. The average Bonchev–Trinajstić information content (AvgIpc) is 2.61. The summed E-state index contributed by atoms with van der Waals surface area (Å²) < 4.78 is 0. The molecule has 0 aromatic heterocycles. The second kappa shape index (κ2) is 13.7. The van der Waals surface area contributed by atoms with Gasteiger partial charge in [-0.15, -0.1) is 0 Å². The molecule has 0 aliphatic rings. The van der Waals surface area contributed by atoms with E-state index in [1.165, 1.54) is 0 Å². The van der Waals surface area contributed by atoms with E-state index in [9.17, 15) is 19.5 Å². The van der Waals surface area contributed by atoms with Crippen LogP contribution in [0.1, 0.15) is 32.1 Å². The molecule has 0 saturated carbocycles. The lowest BCUT2D eigenvalue weighted by molar-refractivity contribution is -0.142. The molecule has 0 bridgehead atoms. The van der Waals surface area contributed by atoms with Gasteiger partial charge in [0.25, 0.3) is 0 Å². The van der Waals surface area contributed by atoms with Gasteiger partial charge < -0.3 is 43.8 Å². The predicted molar refractivity (Wildman–Crippen MR) is 99.4 cm³/mol. The van der Waals surface area contributed by atoms with E-state index in [1.807, 2.05) is 0 Å². The van der Waals surface area contributed by atoms with Crippen LogP contribution in [-0.4, -0.2) is 71.8 Å². The van der Waals surface area contributed by atoms with Gasteiger partial charge in [-0.25, -0.2) is 4.79 Å². The highest BCUT2D eigenvalue weighted by molar-refractivity contribution is 5.91. The highest BCUT2D eigenvalue weighted by Crippen LogP contribution is 2.04. The summed E-state index contributed by atoms with van der Waals surface area (Å²) >= 11 is 0. The zero-order chi connectivity index (χ0) is 20.8. The summed E-state index contributed by atoms with van der Waals surface area (Å²) in [5.41, 5.74) is 21.2. The van der Waals surface area contributed by atoms with Crippen molar-refractivity contribution in [2.75, 3.05) is 19.7 Å². The Labute approximate surface area is 157 Å². The van der Waals surface area contributed by atoms with Crippen LogP contribution in [-0.2, 0) is 14.4 Å². The van der Waals surface area contributed by atoms with Crippen LogP contribution in [0, 0.1) is 0 Å². The van der Waals surface area contributed by atoms with Crippen molar-refractivity contribution in [1.82, 2.24) is 10.6 Å². The fraction of sp³-hybridized carbons (Fsp3) is 0.733. The van der Waals surface area contributed by atoms with Crippen molar-refractivity contribution < 1.29 is 24.6 Å². The molecule has 0 aromatic carbocycles. The van der Waals surface area contributed by atoms with Crippen LogP contribution >= 0.6 is 0 Å². The molecule has 0 aliphatic heterocycles. The maximum Gasteiger partial charge on any atom is 0.326 e. The first-order valence-corrected chi connectivity index (χ1v) is 8.68. The van der Waals surface area contributed by atoms with E-state index in [-0.39, 0.29) is 25.3 Å². The first kappa shape index (κ1) is 24.6. The number of hydrogen-bond donors (Lipinski definition) is 8. The molecule has 0 heterocycles. The van der Waals surface area contributed by atoms with Crippen LogP contribution in [0.5, 0.6) is 0 Å². The Hall–Kier alpha value is -2.44. The first-order chi connectivity index (χ1) is 12.7. The fourth-order valence-corrected chi connectivity index (χ4v) is 2.16. The Morgan fingerprint density at radius 3 is 2.07 bits per heavy atom. The second-order valence-electron chi connectivity index (χ2n) is 5.98. The van der Waals surface area contributed by atoms with Gasteiger partial charge in [0.05, 0.1) is 6.61 Å². The van der Waals surface area contributed by atoms with E-state index in [4.69, 9.17) is 28.0 Å².